The minimum absolute atomic E-state index is 0.248. The fourth-order valence-corrected chi connectivity index (χ4v) is 4.74. The van der Waals surface area contributed by atoms with E-state index in [1.54, 1.807) is 33.5 Å². The van der Waals surface area contributed by atoms with Crippen molar-refractivity contribution >= 4 is 27.3 Å². The lowest BCUT2D eigenvalue weighted by Crippen LogP contribution is -2.48. The van der Waals surface area contributed by atoms with Gasteiger partial charge in [0.1, 0.15) is 0 Å². The minimum Gasteiger partial charge on any atom is -0.493 e. The Labute approximate surface area is 170 Å². The Bertz CT molecular complexity index is 901. The van der Waals surface area contributed by atoms with Gasteiger partial charge in [-0.15, -0.1) is 0 Å². The maximum absolute atomic E-state index is 12.8. The van der Waals surface area contributed by atoms with Crippen LogP contribution in [0, 0.1) is 0 Å². The van der Waals surface area contributed by atoms with Crippen LogP contribution in [0.5, 0.6) is 17.2 Å². The first-order valence-corrected chi connectivity index (χ1v) is 10.5. The molecule has 0 bridgehead atoms. The van der Waals surface area contributed by atoms with E-state index in [1.807, 2.05) is 12.1 Å². The molecular formula is C19H23ClN2O5S. The summed E-state index contributed by atoms with van der Waals surface area (Å²) in [5.74, 6) is 1.65. The SMILES string of the molecule is COc1cc(N2CCN(S(=O)(=O)c3ccc(Cl)cc3)CC2)cc(OC)c1OC. The Hall–Kier alpha value is -2.16. The van der Waals surface area contributed by atoms with Crippen molar-refractivity contribution in [1.29, 1.82) is 0 Å². The van der Waals surface area contributed by atoms with E-state index in [-0.39, 0.29) is 4.90 Å². The monoisotopic (exact) mass is 426 g/mol. The molecule has 28 heavy (non-hydrogen) atoms. The Kier molecular flexibility index (Phi) is 6.22. The van der Waals surface area contributed by atoms with Gasteiger partial charge in [0.2, 0.25) is 15.8 Å². The third-order valence-corrected chi connectivity index (χ3v) is 6.87. The number of benzene rings is 2. The molecule has 0 atom stereocenters. The number of hydrogen-bond donors (Lipinski definition) is 0. The molecule has 1 aliphatic rings. The maximum Gasteiger partial charge on any atom is 0.243 e. The highest BCUT2D eigenvalue weighted by Crippen LogP contribution is 2.41. The van der Waals surface area contributed by atoms with E-state index >= 15 is 0 Å². The van der Waals surface area contributed by atoms with Crippen LogP contribution >= 0.6 is 11.6 Å². The summed E-state index contributed by atoms with van der Waals surface area (Å²) in [4.78, 5) is 2.34. The zero-order valence-electron chi connectivity index (χ0n) is 16.0. The van der Waals surface area contributed by atoms with Gasteiger partial charge in [-0.25, -0.2) is 8.42 Å². The number of anilines is 1. The highest BCUT2D eigenvalue weighted by atomic mass is 35.5. The third-order valence-electron chi connectivity index (χ3n) is 4.70. The fourth-order valence-electron chi connectivity index (χ4n) is 3.19. The van der Waals surface area contributed by atoms with Crippen LogP contribution in [-0.2, 0) is 10.0 Å². The van der Waals surface area contributed by atoms with Crippen molar-refractivity contribution in [3.05, 3.63) is 41.4 Å². The average molecular weight is 427 g/mol. The smallest absolute Gasteiger partial charge is 0.243 e. The Morgan fingerprint density at radius 2 is 1.39 bits per heavy atom. The summed E-state index contributed by atoms with van der Waals surface area (Å²) in [5, 5.41) is 0.506. The lowest BCUT2D eigenvalue weighted by molar-refractivity contribution is 0.324. The second kappa shape index (κ2) is 8.46. The molecule has 2 aromatic rings. The van der Waals surface area contributed by atoms with Gasteiger partial charge >= 0.3 is 0 Å². The van der Waals surface area contributed by atoms with Crippen LogP contribution in [0.15, 0.2) is 41.3 Å². The molecule has 1 aliphatic heterocycles. The number of piperazine rings is 1. The third kappa shape index (κ3) is 3.99. The first kappa shape index (κ1) is 20.6. The number of rotatable bonds is 6. The Morgan fingerprint density at radius 1 is 0.857 bits per heavy atom. The standard InChI is InChI=1S/C19H23ClN2O5S/c1-25-17-12-15(13-18(26-2)19(17)27-3)21-8-10-22(11-9-21)28(23,24)16-6-4-14(20)5-7-16/h4-7,12-13H,8-11H2,1-3H3. The number of sulfonamides is 1. The number of methoxy groups -OCH3 is 3. The van der Waals surface area contributed by atoms with Crippen LogP contribution < -0.4 is 19.1 Å². The van der Waals surface area contributed by atoms with Gasteiger partial charge < -0.3 is 19.1 Å². The van der Waals surface area contributed by atoms with Crippen molar-refractivity contribution in [2.24, 2.45) is 0 Å². The minimum atomic E-state index is -3.54. The summed E-state index contributed by atoms with van der Waals surface area (Å²) in [6, 6.07) is 9.96. The van der Waals surface area contributed by atoms with Crippen LogP contribution in [0.3, 0.4) is 0 Å². The van der Waals surface area contributed by atoms with Crippen molar-refractivity contribution in [3.63, 3.8) is 0 Å². The van der Waals surface area contributed by atoms with Crippen LogP contribution in [0.25, 0.3) is 0 Å². The van der Waals surface area contributed by atoms with Gasteiger partial charge in [-0.2, -0.15) is 4.31 Å². The second-order valence-corrected chi connectivity index (χ2v) is 8.60. The molecule has 1 heterocycles. The van der Waals surface area contributed by atoms with Gasteiger partial charge in [-0.3, -0.25) is 0 Å². The molecule has 0 spiro atoms. The summed E-state index contributed by atoms with van der Waals surface area (Å²) in [6.45, 7) is 1.85. The molecule has 1 fully saturated rings. The predicted molar refractivity (Wildman–Crippen MR) is 109 cm³/mol. The van der Waals surface area contributed by atoms with Gasteiger partial charge in [-0.05, 0) is 24.3 Å². The highest BCUT2D eigenvalue weighted by Gasteiger charge is 2.29. The predicted octanol–water partition coefficient (Wildman–Crippen LogP) is 2.88. The van der Waals surface area contributed by atoms with E-state index in [1.165, 1.54) is 16.4 Å². The van der Waals surface area contributed by atoms with Crippen molar-refractivity contribution in [3.8, 4) is 17.2 Å². The zero-order valence-corrected chi connectivity index (χ0v) is 17.6. The largest absolute Gasteiger partial charge is 0.493 e. The van der Waals surface area contributed by atoms with Gasteiger partial charge in [-0.1, -0.05) is 11.6 Å². The van der Waals surface area contributed by atoms with Crippen molar-refractivity contribution in [2.75, 3.05) is 52.4 Å². The molecule has 0 N–H and O–H groups in total. The molecule has 3 rings (SSSR count). The number of hydrogen-bond acceptors (Lipinski definition) is 6. The molecule has 0 aromatic heterocycles. The van der Waals surface area contributed by atoms with Gasteiger partial charge in [0.25, 0.3) is 0 Å². The van der Waals surface area contributed by atoms with E-state index in [4.69, 9.17) is 25.8 Å². The first-order chi connectivity index (χ1) is 13.4. The van der Waals surface area contributed by atoms with Crippen LogP contribution in [0.4, 0.5) is 5.69 Å². The summed E-state index contributed by atoms with van der Waals surface area (Å²) in [5.41, 5.74) is 0.887. The van der Waals surface area contributed by atoms with Gasteiger partial charge in [0, 0.05) is 49.0 Å². The van der Waals surface area contributed by atoms with Crippen molar-refractivity contribution in [1.82, 2.24) is 4.31 Å². The molecule has 1 saturated heterocycles. The topological polar surface area (TPSA) is 68.3 Å². The van der Waals surface area contributed by atoms with Crippen molar-refractivity contribution in [2.45, 2.75) is 4.90 Å². The lowest BCUT2D eigenvalue weighted by atomic mass is 10.2. The molecule has 2 aromatic carbocycles. The van der Waals surface area contributed by atoms with E-state index in [9.17, 15) is 8.42 Å². The van der Waals surface area contributed by atoms with Crippen LogP contribution in [0.1, 0.15) is 0 Å². The molecule has 0 saturated carbocycles. The molecule has 0 radical (unpaired) electrons. The average Bonchev–Trinajstić information content (AvgIpc) is 2.73. The summed E-state index contributed by atoms with van der Waals surface area (Å²) in [7, 11) is 1.15. The lowest BCUT2D eigenvalue weighted by Gasteiger charge is -2.35. The molecule has 152 valence electrons. The summed E-state index contributed by atoms with van der Waals surface area (Å²) in [6.07, 6.45) is 0. The zero-order chi connectivity index (χ0) is 20.3. The van der Waals surface area contributed by atoms with Gasteiger partial charge in [0.15, 0.2) is 11.5 Å². The van der Waals surface area contributed by atoms with Gasteiger partial charge in [0.05, 0.1) is 26.2 Å². The molecule has 0 unspecified atom stereocenters. The number of ether oxygens (including phenoxy) is 3. The van der Waals surface area contributed by atoms with Crippen molar-refractivity contribution < 1.29 is 22.6 Å². The number of halogens is 1. The van der Waals surface area contributed by atoms with E-state index in [0.717, 1.165) is 5.69 Å². The first-order valence-electron chi connectivity index (χ1n) is 8.71. The molecular weight excluding hydrogens is 404 g/mol. The van der Waals surface area contributed by atoms with E-state index in [2.05, 4.69) is 4.90 Å². The quantitative estimate of drug-likeness (QED) is 0.707. The fraction of sp³-hybridized carbons (Fsp3) is 0.368. The summed E-state index contributed by atoms with van der Waals surface area (Å²) < 4.78 is 43.3. The normalized spacial score (nSPS) is 15.4. The Balaban J connectivity index is 1.77. The van der Waals surface area contributed by atoms with E-state index < -0.39 is 10.0 Å². The Morgan fingerprint density at radius 3 is 1.86 bits per heavy atom. The highest BCUT2D eigenvalue weighted by molar-refractivity contribution is 7.89. The van der Waals surface area contributed by atoms with E-state index in [0.29, 0.717) is 48.5 Å². The number of nitrogens with zero attached hydrogens (tertiary/aromatic N) is 2. The maximum atomic E-state index is 12.8. The van der Waals surface area contributed by atoms with Crippen LogP contribution in [0.2, 0.25) is 5.02 Å². The van der Waals surface area contributed by atoms with Crippen LogP contribution in [-0.4, -0.2) is 60.2 Å². The molecule has 0 aliphatic carbocycles. The second-order valence-electron chi connectivity index (χ2n) is 6.23. The molecule has 7 nitrogen and oxygen atoms in total. The molecule has 9 heteroatoms. The summed E-state index contributed by atoms with van der Waals surface area (Å²) >= 11 is 5.86. The molecule has 0 amide bonds.